The van der Waals surface area contributed by atoms with E-state index in [9.17, 15) is 9.90 Å². The summed E-state index contributed by atoms with van der Waals surface area (Å²) in [5.74, 6) is -1.45. The van der Waals surface area contributed by atoms with Crippen molar-refractivity contribution in [3.05, 3.63) is 150 Å². The van der Waals surface area contributed by atoms with Crippen LogP contribution in [0.3, 0.4) is 0 Å². The zero-order chi connectivity index (χ0) is 41.8. The Kier molecular flexibility index (Phi) is 15.6. The maximum absolute atomic E-state index is 14.6. The smallest absolute Gasteiger partial charge is 0.350 e. The third-order valence-electron chi connectivity index (χ3n) is 10.3. The number of ether oxygens (including phenoxy) is 10. The van der Waals surface area contributed by atoms with E-state index in [2.05, 4.69) is 0 Å². The number of benzene rings is 4. The first-order valence-corrected chi connectivity index (χ1v) is 21.0. The Bertz CT molecular complexity index is 1920. The molecule has 0 radical (unpaired) electrons. The molecule has 0 spiro atoms. The standard InChI is InChI=1S/C47H54O12S/c1-46(2)55-31-39(58-46)40(54-32-50-3)37(48)25-16-26-47(60-36-23-14-7-15-24-36)45(49)57-41-38(30-51-27-33-17-8-4-9-18-33)56-44(53-29-35-21-12-6-13-22-35)43(42(41)59-47)52-28-34-19-10-5-11-20-34/h4-25,37-44,48H,26-32H2,1-3H3/b25-16-/t37-,38-,39-,40+,41+,42+,43-,44-,47+/m1/s1. The van der Waals surface area contributed by atoms with Gasteiger partial charge in [0.1, 0.15) is 43.4 Å². The van der Waals surface area contributed by atoms with Gasteiger partial charge >= 0.3 is 5.97 Å². The number of carbonyl (C=O) groups is 1. The van der Waals surface area contributed by atoms with Crippen molar-refractivity contribution in [3.8, 4) is 0 Å². The summed E-state index contributed by atoms with van der Waals surface area (Å²) >= 11 is 1.23. The average Bonchev–Trinajstić information content (AvgIpc) is 3.63. The molecule has 4 aromatic carbocycles. The molecule has 0 aliphatic carbocycles. The fourth-order valence-corrected chi connectivity index (χ4v) is 8.45. The molecule has 13 heteroatoms. The fraction of sp³-hybridized carbons (Fsp3) is 0.426. The monoisotopic (exact) mass is 842 g/mol. The third-order valence-corrected chi connectivity index (χ3v) is 11.5. The number of hydrogen-bond donors (Lipinski definition) is 1. The summed E-state index contributed by atoms with van der Waals surface area (Å²) in [7, 11) is 1.50. The molecule has 0 unspecified atom stereocenters. The number of aliphatic hydroxyl groups excluding tert-OH is 1. The van der Waals surface area contributed by atoms with Crippen molar-refractivity contribution < 1.29 is 57.3 Å². The molecule has 3 heterocycles. The molecule has 3 aliphatic rings. The van der Waals surface area contributed by atoms with Crippen LogP contribution >= 0.6 is 11.8 Å². The lowest BCUT2D eigenvalue weighted by molar-refractivity contribution is -0.343. The second-order valence-electron chi connectivity index (χ2n) is 15.2. The molecule has 0 amide bonds. The number of esters is 1. The minimum atomic E-state index is -1.62. The Balaban J connectivity index is 1.20. The highest BCUT2D eigenvalue weighted by Gasteiger charge is 2.60. The molecule has 9 atom stereocenters. The van der Waals surface area contributed by atoms with Crippen LogP contribution < -0.4 is 0 Å². The summed E-state index contributed by atoms with van der Waals surface area (Å²) in [4.78, 5) is 13.8. The third kappa shape index (κ3) is 11.7. The quantitative estimate of drug-likeness (QED) is 0.0559. The van der Waals surface area contributed by atoms with Crippen molar-refractivity contribution in [2.75, 3.05) is 27.1 Å². The summed E-state index contributed by atoms with van der Waals surface area (Å²) in [5.41, 5.74) is 2.87. The summed E-state index contributed by atoms with van der Waals surface area (Å²) in [6.45, 7) is 4.60. The second kappa shape index (κ2) is 21.2. The number of aliphatic hydroxyl groups is 1. The summed E-state index contributed by atoms with van der Waals surface area (Å²) in [6.07, 6.45) is -3.61. The lowest BCUT2D eigenvalue weighted by Gasteiger charge is -2.51. The van der Waals surface area contributed by atoms with E-state index in [4.69, 9.17) is 47.4 Å². The highest BCUT2D eigenvalue weighted by molar-refractivity contribution is 8.01. The number of methoxy groups -OCH3 is 1. The van der Waals surface area contributed by atoms with Gasteiger partial charge in [-0.15, -0.1) is 0 Å². The minimum Gasteiger partial charge on any atom is -0.454 e. The SMILES string of the molecule is COCO[C@@H]([C@H](O)/C=C\C[C@@]1(Sc2ccccc2)O[C@H]2[C@@H](OC1=O)[C@@H](COCc1ccccc1)O[C@@H](OCc1ccccc1)[C@@H]2OCc1ccccc1)[C@H]1COC(C)(C)O1. The van der Waals surface area contributed by atoms with Crippen LogP contribution in [0.2, 0.25) is 0 Å². The first kappa shape index (κ1) is 44.1. The van der Waals surface area contributed by atoms with Gasteiger partial charge < -0.3 is 52.5 Å². The zero-order valence-electron chi connectivity index (χ0n) is 34.1. The molecule has 0 saturated carbocycles. The molecule has 0 bridgehead atoms. The van der Waals surface area contributed by atoms with E-state index >= 15 is 0 Å². The van der Waals surface area contributed by atoms with Crippen LogP contribution in [0.15, 0.2) is 138 Å². The average molecular weight is 843 g/mol. The van der Waals surface area contributed by atoms with E-state index in [1.165, 1.54) is 18.9 Å². The van der Waals surface area contributed by atoms with Crippen LogP contribution in [0.4, 0.5) is 0 Å². The van der Waals surface area contributed by atoms with Crippen LogP contribution in [0.25, 0.3) is 0 Å². The molecule has 3 fully saturated rings. The maximum atomic E-state index is 14.6. The molecule has 4 aromatic rings. The van der Waals surface area contributed by atoms with Crippen molar-refractivity contribution >= 4 is 17.7 Å². The Labute approximate surface area is 356 Å². The first-order chi connectivity index (χ1) is 29.2. The molecule has 7 rings (SSSR count). The normalized spacial score (nSPS) is 27.3. The Morgan fingerprint density at radius 1 is 0.800 bits per heavy atom. The topological polar surface area (TPSA) is 130 Å². The van der Waals surface area contributed by atoms with Crippen molar-refractivity contribution in [1.82, 2.24) is 0 Å². The highest BCUT2D eigenvalue weighted by atomic mass is 32.2. The van der Waals surface area contributed by atoms with E-state index in [0.717, 1.165) is 21.6 Å². The van der Waals surface area contributed by atoms with Gasteiger partial charge in [0.2, 0.25) is 4.93 Å². The molecule has 12 nitrogen and oxygen atoms in total. The number of thioether (sulfide) groups is 1. The van der Waals surface area contributed by atoms with Gasteiger partial charge in [0.25, 0.3) is 0 Å². The second-order valence-corrected chi connectivity index (χ2v) is 16.6. The van der Waals surface area contributed by atoms with Gasteiger partial charge in [0.05, 0.1) is 33.0 Å². The van der Waals surface area contributed by atoms with Crippen molar-refractivity contribution in [1.29, 1.82) is 0 Å². The van der Waals surface area contributed by atoms with Gasteiger partial charge in [-0.3, -0.25) is 0 Å². The predicted octanol–water partition coefficient (Wildman–Crippen LogP) is 6.98. The maximum Gasteiger partial charge on any atom is 0.350 e. The first-order valence-electron chi connectivity index (χ1n) is 20.2. The molecular formula is C47H54O12S. The van der Waals surface area contributed by atoms with Crippen LogP contribution in [0.1, 0.15) is 37.0 Å². The van der Waals surface area contributed by atoms with Gasteiger partial charge in [-0.25, -0.2) is 4.79 Å². The molecule has 3 aliphatic heterocycles. The zero-order valence-corrected chi connectivity index (χ0v) is 34.9. The molecule has 0 aromatic heterocycles. The van der Waals surface area contributed by atoms with Gasteiger partial charge in [-0.1, -0.05) is 133 Å². The van der Waals surface area contributed by atoms with Crippen LogP contribution in [0.5, 0.6) is 0 Å². The lowest BCUT2D eigenvalue weighted by atomic mass is 9.96. The molecule has 320 valence electrons. The van der Waals surface area contributed by atoms with E-state index in [0.29, 0.717) is 6.61 Å². The van der Waals surface area contributed by atoms with Crippen molar-refractivity contribution in [2.45, 2.75) is 105 Å². The van der Waals surface area contributed by atoms with Gasteiger partial charge in [0, 0.05) is 18.4 Å². The van der Waals surface area contributed by atoms with Crippen LogP contribution in [-0.4, -0.2) is 97.9 Å². The molecule has 1 N–H and O–H groups in total. The number of fused-ring (bicyclic) bond motifs is 1. The molecule has 60 heavy (non-hydrogen) atoms. The van der Waals surface area contributed by atoms with E-state index in [-0.39, 0.29) is 39.6 Å². The number of hydrogen-bond acceptors (Lipinski definition) is 13. The van der Waals surface area contributed by atoms with Crippen molar-refractivity contribution in [2.24, 2.45) is 0 Å². The summed E-state index contributed by atoms with van der Waals surface area (Å²) < 4.78 is 62.5. The van der Waals surface area contributed by atoms with Crippen LogP contribution in [0, 0.1) is 0 Å². The van der Waals surface area contributed by atoms with Crippen LogP contribution in [-0.2, 0) is 72.0 Å². The summed E-state index contributed by atoms with van der Waals surface area (Å²) in [5, 5.41) is 11.5. The Morgan fingerprint density at radius 3 is 2.00 bits per heavy atom. The Morgan fingerprint density at radius 2 is 1.40 bits per heavy atom. The van der Waals surface area contributed by atoms with E-state index in [1.807, 2.05) is 121 Å². The summed E-state index contributed by atoms with van der Waals surface area (Å²) in [6, 6.07) is 38.9. The van der Waals surface area contributed by atoms with Crippen molar-refractivity contribution in [3.63, 3.8) is 0 Å². The van der Waals surface area contributed by atoms with Gasteiger partial charge in [-0.05, 0) is 42.7 Å². The fourth-order valence-electron chi connectivity index (χ4n) is 7.31. The highest BCUT2D eigenvalue weighted by Crippen LogP contribution is 2.46. The largest absolute Gasteiger partial charge is 0.454 e. The molecular weight excluding hydrogens is 789 g/mol. The number of rotatable bonds is 20. The number of carbonyl (C=O) groups excluding carboxylic acids is 1. The van der Waals surface area contributed by atoms with E-state index < -0.39 is 65.7 Å². The van der Waals surface area contributed by atoms with Gasteiger partial charge in [-0.2, -0.15) is 0 Å². The minimum absolute atomic E-state index is 0.00711. The Hall–Kier alpha value is -3.96. The lowest BCUT2D eigenvalue weighted by Crippen LogP contribution is -2.68. The van der Waals surface area contributed by atoms with Gasteiger partial charge in [0.15, 0.2) is 18.2 Å². The predicted molar refractivity (Wildman–Crippen MR) is 222 cm³/mol. The van der Waals surface area contributed by atoms with E-state index in [1.54, 1.807) is 26.0 Å². The molecule has 3 saturated heterocycles.